The molecule has 4 rings (SSSR count). The van der Waals surface area contributed by atoms with Crippen LogP contribution in [-0.2, 0) is 12.8 Å². The lowest BCUT2D eigenvalue weighted by atomic mass is 10.1. The SMILES string of the molecule is Cc1[nH]n(-c2ccc(I)cc2)c(=O)c1C=Nc1sc2c(c1C#N)CCC2. The Morgan fingerprint density at radius 3 is 2.85 bits per heavy atom. The van der Waals surface area contributed by atoms with Gasteiger partial charge < -0.3 is 0 Å². The lowest BCUT2D eigenvalue weighted by Gasteiger charge is -2.00. The summed E-state index contributed by atoms with van der Waals surface area (Å²) in [6.07, 6.45) is 4.66. The van der Waals surface area contributed by atoms with Gasteiger partial charge in [-0.25, -0.2) is 9.67 Å². The molecule has 0 fully saturated rings. The Morgan fingerprint density at radius 2 is 2.12 bits per heavy atom. The quantitative estimate of drug-likeness (QED) is 0.456. The molecule has 1 aromatic carbocycles. The summed E-state index contributed by atoms with van der Waals surface area (Å²) >= 11 is 3.80. The van der Waals surface area contributed by atoms with Crippen LogP contribution in [0.4, 0.5) is 5.00 Å². The molecule has 0 spiro atoms. The van der Waals surface area contributed by atoms with Crippen LogP contribution in [0.1, 0.15) is 33.7 Å². The summed E-state index contributed by atoms with van der Waals surface area (Å²) in [7, 11) is 0. The van der Waals surface area contributed by atoms with Gasteiger partial charge in [0.2, 0.25) is 0 Å². The highest BCUT2D eigenvalue weighted by Gasteiger charge is 2.21. The molecule has 26 heavy (non-hydrogen) atoms. The largest absolute Gasteiger partial charge is 0.295 e. The van der Waals surface area contributed by atoms with Gasteiger partial charge >= 0.3 is 0 Å². The first-order chi connectivity index (χ1) is 12.6. The van der Waals surface area contributed by atoms with E-state index >= 15 is 0 Å². The van der Waals surface area contributed by atoms with Gasteiger partial charge in [0, 0.05) is 20.4 Å². The Morgan fingerprint density at radius 1 is 1.35 bits per heavy atom. The maximum atomic E-state index is 12.8. The molecule has 0 bridgehead atoms. The molecular weight excluding hydrogens is 459 g/mol. The minimum atomic E-state index is -0.143. The molecule has 130 valence electrons. The zero-order valence-electron chi connectivity index (χ0n) is 14.0. The third-order valence-corrected chi connectivity index (χ3v) is 6.45. The predicted octanol–water partition coefficient (Wildman–Crippen LogP) is 4.25. The van der Waals surface area contributed by atoms with Gasteiger partial charge in [0.05, 0.1) is 16.8 Å². The maximum absolute atomic E-state index is 12.8. The molecule has 0 radical (unpaired) electrons. The van der Waals surface area contributed by atoms with Gasteiger partial charge in [-0.2, -0.15) is 5.26 Å². The van der Waals surface area contributed by atoms with Crippen molar-refractivity contribution in [2.75, 3.05) is 0 Å². The van der Waals surface area contributed by atoms with Crippen LogP contribution in [0.15, 0.2) is 34.1 Å². The smallest absolute Gasteiger partial charge is 0.280 e. The molecule has 0 atom stereocenters. The first-order valence-electron chi connectivity index (χ1n) is 8.24. The number of aromatic amines is 1. The molecule has 1 aliphatic carbocycles. The number of thiophene rings is 1. The van der Waals surface area contributed by atoms with Crippen molar-refractivity contribution in [3.05, 3.63) is 65.5 Å². The second kappa shape index (κ2) is 6.85. The highest BCUT2D eigenvalue weighted by atomic mass is 127. The first kappa shape index (κ1) is 17.2. The van der Waals surface area contributed by atoms with Gasteiger partial charge in [0.1, 0.15) is 11.1 Å². The van der Waals surface area contributed by atoms with Crippen LogP contribution in [-0.4, -0.2) is 16.0 Å². The average molecular weight is 474 g/mol. The molecule has 5 nitrogen and oxygen atoms in total. The van der Waals surface area contributed by atoms with E-state index in [0.717, 1.165) is 39.8 Å². The van der Waals surface area contributed by atoms with Crippen molar-refractivity contribution in [3.63, 3.8) is 0 Å². The number of hydrogen-bond donors (Lipinski definition) is 1. The van der Waals surface area contributed by atoms with Crippen LogP contribution in [0.25, 0.3) is 5.69 Å². The zero-order valence-corrected chi connectivity index (χ0v) is 17.0. The van der Waals surface area contributed by atoms with Crippen molar-refractivity contribution in [1.82, 2.24) is 9.78 Å². The summed E-state index contributed by atoms with van der Waals surface area (Å²) in [5, 5.41) is 13.3. The molecule has 1 aliphatic rings. The van der Waals surface area contributed by atoms with E-state index in [1.807, 2.05) is 31.2 Å². The molecule has 2 heterocycles. The van der Waals surface area contributed by atoms with Crippen LogP contribution >= 0.6 is 33.9 Å². The molecule has 0 unspecified atom stereocenters. The maximum Gasteiger partial charge on any atom is 0.280 e. The van der Waals surface area contributed by atoms with E-state index in [4.69, 9.17) is 0 Å². The number of rotatable bonds is 3. The number of nitriles is 1. The molecule has 7 heteroatoms. The number of aliphatic imine (C=N–C) groups is 1. The predicted molar refractivity (Wildman–Crippen MR) is 112 cm³/mol. The van der Waals surface area contributed by atoms with Gasteiger partial charge in [0.15, 0.2) is 0 Å². The van der Waals surface area contributed by atoms with Crippen molar-refractivity contribution < 1.29 is 0 Å². The average Bonchev–Trinajstić information content (AvgIpc) is 3.28. The van der Waals surface area contributed by atoms with Crippen molar-refractivity contribution in [2.24, 2.45) is 4.99 Å². The van der Waals surface area contributed by atoms with Gasteiger partial charge in [-0.1, -0.05) is 0 Å². The number of aromatic nitrogens is 2. The third-order valence-electron chi connectivity index (χ3n) is 4.53. The fourth-order valence-corrected chi connectivity index (χ4v) is 4.75. The molecule has 3 aromatic rings. The normalized spacial score (nSPS) is 13.3. The highest BCUT2D eigenvalue weighted by molar-refractivity contribution is 14.1. The number of benzene rings is 1. The van der Waals surface area contributed by atoms with E-state index in [1.54, 1.807) is 17.6 Å². The number of fused-ring (bicyclic) bond motifs is 1. The van der Waals surface area contributed by atoms with Crippen molar-refractivity contribution >= 4 is 45.1 Å². The molecule has 0 amide bonds. The summed E-state index contributed by atoms with van der Waals surface area (Å²) in [5.41, 5.74) is 3.72. The monoisotopic (exact) mass is 474 g/mol. The summed E-state index contributed by atoms with van der Waals surface area (Å²) in [6, 6.07) is 10.00. The molecule has 2 aromatic heterocycles. The van der Waals surface area contributed by atoms with E-state index in [9.17, 15) is 10.1 Å². The van der Waals surface area contributed by atoms with Gasteiger partial charge in [-0.3, -0.25) is 9.89 Å². The third kappa shape index (κ3) is 2.93. The fourth-order valence-electron chi connectivity index (χ4n) is 3.20. The summed E-state index contributed by atoms with van der Waals surface area (Å²) in [4.78, 5) is 18.5. The second-order valence-corrected chi connectivity index (χ2v) is 8.50. The summed E-state index contributed by atoms with van der Waals surface area (Å²) < 4.78 is 2.63. The van der Waals surface area contributed by atoms with Crippen molar-refractivity contribution in [3.8, 4) is 11.8 Å². The Hall–Kier alpha value is -2.18. The van der Waals surface area contributed by atoms with E-state index in [0.29, 0.717) is 16.1 Å². The van der Waals surface area contributed by atoms with E-state index in [2.05, 4.69) is 38.8 Å². The summed E-state index contributed by atoms with van der Waals surface area (Å²) in [5.74, 6) is 0. The van der Waals surface area contributed by atoms with Crippen LogP contribution in [0.2, 0.25) is 0 Å². The zero-order chi connectivity index (χ0) is 18.3. The van der Waals surface area contributed by atoms with Crippen LogP contribution in [0, 0.1) is 21.8 Å². The summed E-state index contributed by atoms with van der Waals surface area (Å²) in [6.45, 7) is 1.85. The molecule has 0 aliphatic heterocycles. The molecular formula is C19H15IN4OS. The highest BCUT2D eigenvalue weighted by Crippen LogP contribution is 2.40. The Balaban J connectivity index is 1.72. The molecule has 1 N–H and O–H groups in total. The number of H-pyrrole nitrogens is 1. The van der Waals surface area contributed by atoms with Crippen molar-refractivity contribution in [2.45, 2.75) is 26.2 Å². The first-order valence-corrected chi connectivity index (χ1v) is 10.1. The molecule has 0 saturated heterocycles. The number of nitrogens with zero attached hydrogens (tertiary/aromatic N) is 3. The lowest BCUT2D eigenvalue weighted by molar-refractivity contribution is 0.835. The number of halogens is 1. The van der Waals surface area contributed by atoms with Gasteiger partial charge in [0.25, 0.3) is 5.56 Å². The minimum Gasteiger partial charge on any atom is -0.295 e. The van der Waals surface area contributed by atoms with Crippen LogP contribution < -0.4 is 5.56 Å². The van der Waals surface area contributed by atoms with E-state index in [-0.39, 0.29) is 5.56 Å². The Kier molecular flexibility index (Phi) is 4.54. The number of hydrogen-bond acceptors (Lipinski definition) is 4. The standard InChI is InChI=1S/C19H15IN4OS/c1-11-16(19(25)24(23-11)13-7-5-12(20)6-8-13)10-22-18-15(9-21)14-3-2-4-17(14)26-18/h5-8,10,23H,2-4H2,1H3. The molecule has 0 saturated carbocycles. The number of nitrogens with one attached hydrogen (secondary N) is 1. The second-order valence-electron chi connectivity index (χ2n) is 6.17. The van der Waals surface area contributed by atoms with E-state index < -0.39 is 0 Å². The van der Waals surface area contributed by atoms with Crippen molar-refractivity contribution in [1.29, 1.82) is 5.26 Å². The van der Waals surface area contributed by atoms with Gasteiger partial charge in [-0.05, 0) is 78.6 Å². The topological polar surface area (TPSA) is 73.9 Å². The number of aryl methyl sites for hydroxylation is 2. The van der Waals surface area contributed by atoms with Crippen LogP contribution in [0.3, 0.4) is 0 Å². The van der Waals surface area contributed by atoms with Gasteiger partial charge in [-0.15, -0.1) is 11.3 Å². The van der Waals surface area contributed by atoms with Crippen LogP contribution in [0.5, 0.6) is 0 Å². The minimum absolute atomic E-state index is 0.143. The fraction of sp³-hybridized carbons (Fsp3) is 0.211. The Labute approximate surface area is 168 Å². The van der Waals surface area contributed by atoms with E-state index in [1.165, 1.54) is 9.56 Å². The Bertz CT molecular complexity index is 1110. The lowest BCUT2D eigenvalue weighted by Crippen LogP contribution is -2.17.